The van der Waals surface area contributed by atoms with Crippen LogP contribution in [-0.2, 0) is 19.1 Å². The second-order valence-corrected chi connectivity index (χ2v) is 6.88. The molecule has 1 saturated carbocycles. The molecule has 1 aliphatic rings. The molecule has 0 bridgehead atoms. The van der Waals surface area contributed by atoms with Crippen LogP contribution in [0.25, 0.3) is 0 Å². The van der Waals surface area contributed by atoms with E-state index in [-0.39, 0.29) is 29.4 Å². The first-order chi connectivity index (χ1) is 11.4. The fraction of sp³-hybridized carbons (Fsp3) is 0.438. The fourth-order valence-corrected chi connectivity index (χ4v) is 2.51. The molecule has 1 aromatic rings. The number of benzene rings is 1. The average molecular weight is 371 g/mol. The third-order valence-corrected chi connectivity index (χ3v) is 4.34. The van der Waals surface area contributed by atoms with Crippen LogP contribution < -0.4 is 10.6 Å². The maximum atomic E-state index is 11.8. The molecule has 8 heteroatoms. The van der Waals surface area contributed by atoms with Crippen LogP contribution in [0.4, 0.5) is 5.69 Å². The van der Waals surface area contributed by atoms with Gasteiger partial charge < -0.3 is 15.4 Å². The summed E-state index contributed by atoms with van der Waals surface area (Å²) in [5.74, 6) is -0.904. The molecule has 1 atom stereocenters. The van der Waals surface area contributed by atoms with Crippen LogP contribution in [0.2, 0.25) is 5.02 Å². The lowest BCUT2D eigenvalue weighted by atomic mass is 10.3. The van der Waals surface area contributed by atoms with Gasteiger partial charge in [0.1, 0.15) is 0 Å². The van der Waals surface area contributed by atoms with Gasteiger partial charge in [-0.25, -0.2) is 0 Å². The van der Waals surface area contributed by atoms with Crippen LogP contribution >= 0.6 is 23.4 Å². The van der Waals surface area contributed by atoms with Gasteiger partial charge in [0.2, 0.25) is 5.91 Å². The molecular formula is C16H19ClN2O4S. The zero-order chi connectivity index (χ0) is 17.5. The van der Waals surface area contributed by atoms with Crippen molar-refractivity contribution in [2.75, 3.05) is 16.8 Å². The molecule has 0 radical (unpaired) electrons. The minimum Gasteiger partial charge on any atom is -0.452 e. The number of carbonyl (C=O) groups excluding carboxylic acids is 3. The predicted molar refractivity (Wildman–Crippen MR) is 94.1 cm³/mol. The Kier molecular flexibility index (Phi) is 6.93. The van der Waals surface area contributed by atoms with E-state index in [1.807, 2.05) is 0 Å². The Balaban J connectivity index is 1.61. The second kappa shape index (κ2) is 8.94. The topological polar surface area (TPSA) is 84.5 Å². The highest BCUT2D eigenvalue weighted by Gasteiger charge is 2.27. The summed E-state index contributed by atoms with van der Waals surface area (Å²) in [6, 6.07) is 6.97. The van der Waals surface area contributed by atoms with Crippen molar-refractivity contribution < 1.29 is 19.1 Å². The Morgan fingerprint density at radius 2 is 1.92 bits per heavy atom. The number of hydrogen-bond acceptors (Lipinski definition) is 5. The van der Waals surface area contributed by atoms with Gasteiger partial charge in [-0.15, -0.1) is 11.8 Å². The van der Waals surface area contributed by atoms with E-state index < -0.39 is 12.1 Å². The number of nitrogens with one attached hydrogen (secondary N) is 2. The van der Waals surface area contributed by atoms with Crippen molar-refractivity contribution in [2.45, 2.75) is 31.9 Å². The van der Waals surface area contributed by atoms with E-state index in [0.717, 1.165) is 24.6 Å². The lowest BCUT2D eigenvalue weighted by Crippen LogP contribution is -2.37. The smallest absolute Gasteiger partial charge is 0.316 e. The maximum absolute atomic E-state index is 11.8. The number of rotatable bonds is 8. The number of anilines is 1. The predicted octanol–water partition coefficient (Wildman–Crippen LogP) is 2.22. The van der Waals surface area contributed by atoms with Gasteiger partial charge in [-0.05, 0) is 44.0 Å². The van der Waals surface area contributed by atoms with Crippen molar-refractivity contribution in [2.24, 2.45) is 0 Å². The first kappa shape index (κ1) is 18.6. The lowest BCUT2D eigenvalue weighted by molar-refractivity contribution is -0.152. The van der Waals surface area contributed by atoms with Crippen molar-refractivity contribution in [3.63, 3.8) is 0 Å². The molecule has 1 fully saturated rings. The van der Waals surface area contributed by atoms with Crippen molar-refractivity contribution in [1.82, 2.24) is 5.32 Å². The summed E-state index contributed by atoms with van der Waals surface area (Å²) in [5, 5.41) is 6.05. The first-order valence-corrected chi connectivity index (χ1v) is 9.10. The van der Waals surface area contributed by atoms with Crippen molar-refractivity contribution in [3.05, 3.63) is 29.3 Å². The number of halogens is 1. The monoisotopic (exact) mass is 370 g/mol. The SMILES string of the molecule is C[C@@H](OC(=O)CSCC(=O)Nc1ccc(Cl)cc1)C(=O)NC1CC1. The van der Waals surface area contributed by atoms with Crippen LogP contribution in [0.1, 0.15) is 19.8 Å². The lowest BCUT2D eigenvalue weighted by Gasteiger charge is -2.13. The van der Waals surface area contributed by atoms with E-state index in [2.05, 4.69) is 10.6 Å². The van der Waals surface area contributed by atoms with Crippen LogP contribution in [0.15, 0.2) is 24.3 Å². The number of ether oxygens (including phenoxy) is 1. The van der Waals surface area contributed by atoms with E-state index in [1.165, 1.54) is 6.92 Å². The third kappa shape index (κ3) is 6.80. The fourth-order valence-electron chi connectivity index (χ4n) is 1.79. The quantitative estimate of drug-likeness (QED) is 0.685. The molecule has 1 aliphatic carbocycles. The molecule has 0 unspecified atom stereocenters. The highest BCUT2D eigenvalue weighted by Crippen LogP contribution is 2.19. The molecule has 2 rings (SSSR count). The molecule has 1 aromatic carbocycles. The zero-order valence-corrected chi connectivity index (χ0v) is 14.8. The van der Waals surface area contributed by atoms with E-state index in [4.69, 9.17) is 16.3 Å². The Morgan fingerprint density at radius 3 is 2.54 bits per heavy atom. The van der Waals surface area contributed by atoms with E-state index in [0.29, 0.717) is 10.7 Å². The van der Waals surface area contributed by atoms with Gasteiger partial charge in [0, 0.05) is 16.8 Å². The van der Waals surface area contributed by atoms with Gasteiger partial charge in [0.05, 0.1) is 11.5 Å². The number of carbonyl (C=O) groups is 3. The summed E-state index contributed by atoms with van der Waals surface area (Å²) in [7, 11) is 0. The summed E-state index contributed by atoms with van der Waals surface area (Å²) in [5.41, 5.74) is 0.637. The van der Waals surface area contributed by atoms with Gasteiger partial charge in [0.25, 0.3) is 5.91 Å². The minimum atomic E-state index is -0.818. The molecule has 24 heavy (non-hydrogen) atoms. The minimum absolute atomic E-state index is 0.00901. The Labute approximate surface area is 149 Å². The van der Waals surface area contributed by atoms with Crippen molar-refractivity contribution in [3.8, 4) is 0 Å². The largest absolute Gasteiger partial charge is 0.452 e. The van der Waals surface area contributed by atoms with Gasteiger partial charge in [0.15, 0.2) is 6.10 Å². The Bertz CT molecular complexity index is 605. The molecular weight excluding hydrogens is 352 g/mol. The summed E-state index contributed by atoms with van der Waals surface area (Å²) >= 11 is 6.89. The summed E-state index contributed by atoms with van der Waals surface area (Å²) in [4.78, 5) is 35.1. The Hall–Kier alpha value is -1.73. The molecule has 0 aliphatic heterocycles. The van der Waals surface area contributed by atoms with Gasteiger partial charge >= 0.3 is 5.97 Å². The molecule has 0 saturated heterocycles. The zero-order valence-electron chi connectivity index (χ0n) is 13.2. The Morgan fingerprint density at radius 1 is 1.25 bits per heavy atom. The van der Waals surface area contributed by atoms with Crippen LogP contribution in [0.3, 0.4) is 0 Å². The molecule has 0 heterocycles. The standard InChI is InChI=1S/C16H19ClN2O4S/c1-10(16(22)19-13-6-7-13)23-15(21)9-24-8-14(20)18-12-4-2-11(17)3-5-12/h2-5,10,13H,6-9H2,1H3,(H,18,20)(H,19,22)/t10-/m1/s1. The van der Waals surface area contributed by atoms with E-state index in [1.54, 1.807) is 24.3 Å². The number of amides is 2. The molecule has 130 valence electrons. The summed E-state index contributed by atoms with van der Waals surface area (Å²) in [6.07, 6.45) is 1.14. The molecule has 6 nitrogen and oxygen atoms in total. The summed E-state index contributed by atoms with van der Waals surface area (Å²) in [6.45, 7) is 1.54. The number of hydrogen-bond donors (Lipinski definition) is 2. The number of esters is 1. The first-order valence-electron chi connectivity index (χ1n) is 7.57. The van der Waals surface area contributed by atoms with Crippen LogP contribution in [0.5, 0.6) is 0 Å². The number of thioether (sulfide) groups is 1. The maximum Gasteiger partial charge on any atom is 0.316 e. The highest BCUT2D eigenvalue weighted by atomic mass is 35.5. The molecule has 0 spiro atoms. The van der Waals surface area contributed by atoms with Crippen LogP contribution in [0, 0.1) is 0 Å². The van der Waals surface area contributed by atoms with E-state index >= 15 is 0 Å². The van der Waals surface area contributed by atoms with Gasteiger partial charge in [-0.1, -0.05) is 11.6 Å². The second-order valence-electron chi connectivity index (χ2n) is 5.46. The van der Waals surface area contributed by atoms with Crippen molar-refractivity contribution >= 4 is 46.8 Å². The molecule has 0 aromatic heterocycles. The van der Waals surface area contributed by atoms with E-state index in [9.17, 15) is 14.4 Å². The molecule has 2 N–H and O–H groups in total. The van der Waals surface area contributed by atoms with Gasteiger partial charge in [-0.3, -0.25) is 14.4 Å². The van der Waals surface area contributed by atoms with Crippen LogP contribution in [-0.4, -0.2) is 41.4 Å². The normalized spacial score (nSPS) is 14.6. The summed E-state index contributed by atoms with van der Waals surface area (Å²) < 4.78 is 5.04. The molecule has 2 amide bonds. The third-order valence-electron chi connectivity index (χ3n) is 3.18. The van der Waals surface area contributed by atoms with Crippen molar-refractivity contribution in [1.29, 1.82) is 0 Å². The van der Waals surface area contributed by atoms with Gasteiger partial charge in [-0.2, -0.15) is 0 Å². The average Bonchev–Trinajstić information content (AvgIpc) is 3.33. The highest BCUT2D eigenvalue weighted by molar-refractivity contribution is 8.00.